The molecule has 1 amide bonds. The molecule has 144 valence electrons. The van der Waals surface area contributed by atoms with Crippen LogP contribution in [0.5, 0.6) is 0 Å². The van der Waals surface area contributed by atoms with Crippen molar-refractivity contribution in [2.24, 2.45) is 0 Å². The number of nitriles is 1. The minimum Gasteiger partial charge on any atom is -0.349 e. The van der Waals surface area contributed by atoms with Crippen molar-refractivity contribution < 1.29 is 4.79 Å². The Morgan fingerprint density at radius 3 is 2.00 bits per heavy atom. The van der Waals surface area contributed by atoms with Crippen LogP contribution in [0.4, 0.5) is 11.4 Å². The van der Waals surface area contributed by atoms with Crippen LogP contribution in [0.3, 0.4) is 0 Å². The summed E-state index contributed by atoms with van der Waals surface area (Å²) in [6.07, 6.45) is 0. The summed E-state index contributed by atoms with van der Waals surface area (Å²) in [6, 6.07) is 28.0. The fourth-order valence-corrected chi connectivity index (χ4v) is 3.81. The fraction of sp³-hybridized carbons (Fsp3) is 0.0435. The molecule has 0 aromatic heterocycles. The Bertz CT molecular complexity index is 1050. The lowest BCUT2D eigenvalue weighted by molar-refractivity contribution is -0.112. The summed E-state index contributed by atoms with van der Waals surface area (Å²) in [5.74, 6) is 0.0438. The Kier molecular flexibility index (Phi) is 7.34. The Morgan fingerprint density at radius 1 is 0.862 bits per heavy atom. The number of hydrogen-bond donors (Lipinski definition) is 2. The Labute approximate surface area is 179 Å². The lowest BCUT2D eigenvalue weighted by Gasteiger charge is -2.14. The average molecular weight is 420 g/mol. The van der Waals surface area contributed by atoms with Crippen molar-refractivity contribution in [1.29, 1.82) is 5.26 Å². The molecule has 3 aromatic carbocycles. The molecule has 2 N–H and O–H groups in total. The van der Waals surface area contributed by atoms with Crippen LogP contribution in [0.15, 0.2) is 95.5 Å². The van der Waals surface area contributed by atoms with Crippen molar-refractivity contribution >= 4 is 40.6 Å². The zero-order chi connectivity index (χ0) is 20.5. The maximum atomic E-state index is 12.8. The minimum atomic E-state index is -0.469. The maximum Gasteiger partial charge on any atom is 0.269 e. The first-order valence-electron chi connectivity index (χ1n) is 8.86. The summed E-state index contributed by atoms with van der Waals surface area (Å²) in [7, 11) is 0. The third-order valence-electron chi connectivity index (χ3n) is 3.96. The first-order chi connectivity index (χ1) is 14.2. The van der Waals surface area contributed by atoms with Gasteiger partial charge in [-0.2, -0.15) is 5.26 Å². The number of hydrogen-bond acceptors (Lipinski definition) is 4. The molecule has 0 heterocycles. The minimum absolute atomic E-state index is 0.00904. The van der Waals surface area contributed by atoms with E-state index >= 15 is 0 Å². The summed E-state index contributed by atoms with van der Waals surface area (Å²) in [4.78, 5) is 12.8. The predicted octanol–water partition coefficient (Wildman–Crippen LogP) is 6.06. The molecule has 0 atom stereocenters. The zero-order valence-corrected chi connectivity index (χ0v) is 17.0. The van der Waals surface area contributed by atoms with Crippen LogP contribution in [-0.2, 0) is 10.5 Å². The van der Waals surface area contributed by atoms with Gasteiger partial charge in [0, 0.05) is 22.2 Å². The normalized spacial score (nSPS) is 11.2. The van der Waals surface area contributed by atoms with Crippen LogP contribution in [0, 0.1) is 11.3 Å². The van der Waals surface area contributed by atoms with Crippen molar-refractivity contribution in [1.82, 2.24) is 0 Å². The van der Waals surface area contributed by atoms with Crippen LogP contribution in [0.25, 0.3) is 0 Å². The van der Waals surface area contributed by atoms with Crippen LogP contribution >= 0.6 is 23.4 Å². The largest absolute Gasteiger partial charge is 0.349 e. The summed E-state index contributed by atoms with van der Waals surface area (Å²) in [5, 5.41) is 16.8. The van der Waals surface area contributed by atoms with Gasteiger partial charge in [-0.05, 0) is 35.9 Å². The van der Waals surface area contributed by atoms with Crippen molar-refractivity contribution in [3.63, 3.8) is 0 Å². The first kappa shape index (κ1) is 20.5. The number of nitrogens with one attached hydrogen (secondary N) is 2. The van der Waals surface area contributed by atoms with Crippen molar-refractivity contribution in [3.8, 4) is 6.07 Å². The third kappa shape index (κ3) is 5.89. The van der Waals surface area contributed by atoms with Crippen LogP contribution in [-0.4, -0.2) is 5.91 Å². The van der Waals surface area contributed by atoms with E-state index in [1.165, 1.54) is 11.8 Å². The van der Waals surface area contributed by atoms with Gasteiger partial charge in [0.05, 0.1) is 5.03 Å². The highest BCUT2D eigenvalue weighted by Crippen LogP contribution is 2.29. The van der Waals surface area contributed by atoms with E-state index < -0.39 is 5.91 Å². The monoisotopic (exact) mass is 419 g/mol. The topological polar surface area (TPSA) is 64.9 Å². The van der Waals surface area contributed by atoms with Crippen LogP contribution in [0.1, 0.15) is 5.56 Å². The second-order valence-corrected chi connectivity index (χ2v) is 7.40. The molecule has 0 aliphatic carbocycles. The molecule has 29 heavy (non-hydrogen) atoms. The fourth-order valence-electron chi connectivity index (χ4n) is 2.51. The Hall–Kier alpha value is -3.20. The van der Waals surface area contributed by atoms with E-state index in [2.05, 4.69) is 10.6 Å². The molecule has 3 rings (SSSR count). The van der Waals surface area contributed by atoms with Gasteiger partial charge in [0.15, 0.2) is 0 Å². The molecule has 4 nitrogen and oxygen atoms in total. The average Bonchev–Trinajstić information content (AvgIpc) is 2.75. The zero-order valence-electron chi connectivity index (χ0n) is 15.4. The molecule has 3 aromatic rings. The van der Waals surface area contributed by atoms with E-state index in [-0.39, 0.29) is 5.57 Å². The van der Waals surface area contributed by atoms with Gasteiger partial charge in [0.1, 0.15) is 11.6 Å². The van der Waals surface area contributed by atoms with Crippen LogP contribution < -0.4 is 10.6 Å². The van der Waals surface area contributed by atoms with Crippen molar-refractivity contribution in [2.75, 3.05) is 10.6 Å². The van der Waals surface area contributed by atoms with Crippen molar-refractivity contribution in [2.45, 2.75) is 5.75 Å². The number of thioether (sulfide) groups is 1. The molecule has 0 radical (unpaired) electrons. The quantitative estimate of drug-likeness (QED) is 0.361. The Balaban J connectivity index is 1.89. The van der Waals surface area contributed by atoms with Gasteiger partial charge in [-0.1, -0.05) is 66.2 Å². The van der Waals surface area contributed by atoms with Gasteiger partial charge in [0.25, 0.3) is 5.91 Å². The van der Waals surface area contributed by atoms with Gasteiger partial charge >= 0.3 is 0 Å². The van der Waals surface area contributed by atoms with E-state index in [0.29, 0.717) is 21.5 Å². The molecule has 0 saturated carbocycles. The highest BCUT2D eigenvalue weighted by Gasteiger charge is 2.17. The maximum absolute atomic E-state index is 12.8. The molecule has 0 saturated heterocycles. The number of carbonyl (C=O) groups excluding carboxylic acids is 1. The molecule has 0 bridgehead atoms. The molecular formula is C23H18ClN3OS. The second kappa shape index (κ2) is 10.4. The highest BCUT2D eigenvalue weighted by molar-refractivity contribution is 8.02. The van der Waals surface area contributed by atoms with Gasteiger partial charge < -0.3 is 10.6 Å². The Morgan fingerprint density at radius 2 is 1.41 bits per heavy atom. The smallest absolute Gasteiger partial charge is 0.269 e. The second-order valence-electron chi connectivity index (χ2n) is 6.01. The van der Waals surface area contributed by atoms with Gasteiger partial charge in [-0.15, -0.1) is 11.8 Å². The number of halogens is 1. The van der Waals surface area contributed by atoms with Crippen LogP contribution in [0.2, 0.25) is 5.02 Å². The predicted molar refractivity (Wildman–Crippen MR) is 121 cm³/mol. The molecule has 0 aliphatic rings. The summed E-state index contributed by atoms with van der Waals surface area (Å²) in [6.45, 7) is 0. The van der Waals surface area contributed by atoms with E-state index in [0.717, 1.165) is 11.3 Å². The number of carbonyl (C=O) groups is 1. The number of anilines is 2. The molecule has 0 aliphatic heterocycles. The first-order valence-corrected chi connectivity index (χ1v) is 10.2. The lowest BCUT2D eigenvalue weighted by atomic mass is 10.2. The van der Waals surface area contributed by atoms with Gasteiger partial charge in [-0.25, -0.2) is 0 Å². The third-order valence-corrected chi connectivity index (χ3v) is 5.38. The molecule has 0 unspecified atom stereocenters. The van der Waals surface area contributed by atoms with E-state index in [1.54, 1.807) is 12.1 Å². The number of rotatable bonds is 7. The summed E-state index contributed by atoms with van der Waals surface area (Å²) < 4.78 is 0. The van der Waals surface area contributed by atoms with Gasteiger partial charge in [0.2, 0.25) is 0 Å². The number of benzene rings is 3. The molecular weight excluding hydrogens is 402 g/mol. The number of amides is 1. The summed E-state index contributed by atoms with van der Waals surface area (Å²) in [5.41, 5.74) is 2.34. The molecule has 0 fully saturated rings. The van der Waals surface area contributed by atoms with Crippen molar-refractivity contribution in [3.05, 3.63) is 106 Å². The van der Waals surface area contributed by atoms with Gasteiger partial charge in [-0.3, -0.25) is 4.79 Å². The van der Waals surface area contributed by atoms with E-state index in [9.17, 15) is 10.1 Å². The number of nitrogens with zero attached hydrogens (tertiary/aromatic N) is 1. The number of para-hydroxylation sites is 2. The SMILES string of the molecule is N#CC(C(=O)Nc1ccccc1)=C(Nc1ccccc1)SCc1ccccc1Cl. The lowest BCUT2D eigenvalue weighted by Crippen LogP contribution is -2.17. The highest BCUT2D eigenvalue weighted by atomic mass is 35.5. The summed E-state index contributed by atoms with van der Waals surface area (Å²) >= 11 is 7.61. The standard InChI is InChI=1S/C23H18ClN3OS/c24-21-14-8-7-9-17(21)16-29-23(27-19-12-5-2-6-13-19)20(15-25)22(28)26-18-10-3-1-4-11-18/h1-14,27H,16H2,(H,26,28). The van der Waals surface area contributed by atoms with E-state index in [1.807, 2.05) is 78.9 Å². The molecule has 6 heteroatoms. The van der Waals surface area contributed by atoms with E-state index in [4.69, 9.17) is 11.6 Å². The molecule has 0 spiro atoms.